The summed E-state index contributed by atoms with van der Waals surface area (Å²) in [5.41, 5.74) is 1.80. The number of piperazine rings is 1. The van der Waals surface area contributed by atoms with Gasteiger partial charge in [-0.3, -0.25) is 4.40 Å². The van der Waals surface area contributed by atoms with E-state index in [4.69, 9.17) is 4.42 Å². The monoisotopic (exact) mass is 379 g/mol. The first kappa shape index (κ1) is 16.9. The average molecular weight is 379 g/mol. The zero-order valence-corrected chi connectivity index (χ0v) is 15.2. The highest BCUT2D eigenvalue weighted by molar-refractivity contribution is 5.84. The molecule has 142 valence electrons. The molecule has 0 aliphatic carbocycles. The lowest BCUT2D eigenvalue weighted by Gasteiger charge is -2.33. The number of nitrogens with one attached hydrogen (secondary N) is 1. The molecule has 0 saturated carbocycles. The highest BCUT2D eigenvalue weighted by atomic mass is 19.1. The minimum absolute atomic E-state index is 0.319. The van der Waals surface area contributed by atoms with Crippen LogP contribution < -0.4 is 15.8 Å². The fourth-order valence-electron chi connectivity index (χ4n) is 3.63. The van der Waals surface area contributed by atoms with E-state index >= 15 is 0 Å². The number of fused-ring (bicyclic) bond motifs is 2. The highest BCUT2D eigenvalue weighted by Crippen LogP contribution is 2.25. The van der Waals surface area contributed by atoms with Crippen LogP contribution in [-0.2, 0) is 0 Å². The molecule has 0 amide bonds. The molecule has 1 aromatic carbocycles. The third kappa shape index (κ3) is 2.91. The largest absolute Gasteiger partial charge is 0.422 e. The van der Waals surface area contributed by atoms with Crippen molar-refractivity contribution in [3.63, 3.8) is 0 Å². The lowest BCUT2D eigenvalue weighted by molar-refractivity contribution is 0.484. The summed E-state index contributed by atoms with van der Waals surface area (Å²) in [5.74, 6) is -0.157. The Morgan fingerprint density at radius 1 is 1.29 bits per heavy atom. The highest BCUT2D eigenvalue weighted by Gasteiger charge is 2.17. The van der Waals surface area contributed by atoms with Gasteiger partial charge < -0.3 is 14.6 Å². The zero-order valence-electron chi connectivity index (χ0n) is 15.2. The van der Waals surface area contributed by atoms with E-state index in [0.717, 1.165) is 36.9 Å². The maximum absolute atomic E-state index is 13.4. The number of hydrogen-bond donors (Lipinski definition) is 1. The van der Waals surface area contributed by atoms with Crippen LogP contribution in [0.4, 0.5) is 10.1 Å². The predicted octanol–water partition coefficient (Wildman–Crippen LogP) is 2.44. The molecule has 1 fully saturated rings. The number of aromatic nitrogens is 3. The number of benzene rings is 1. The first-order chi connectivity index (χ1) is 13.6. The van der Waals surface area contributed by atoms with Gasteiger partial charge in [0.05, 0.1) is 17.5 Å². The lowest BCUT2D eigenvalue weighted by Crippen LogP contribution is -2.49. The van der Waals surface area contributed by atoms with Gasteiger partial charge in [-0.15, -0.1) is 0 Å². The molecule has 1 saturated heterocycles. The molecule has 0 spiro atoms. The molecular formula is C20H18FN5O2. The van der Waals surface area contributed by atoms with Gasteiger partial charge in [0.25, 0.3) is 0 Å². The molecule has 0 radical (unpaired) electrons. The third-order valence-electron chi connectivity index (χ3n) is 5.01. The molecule has 1 aliphatic heterocycles. The zero-order chi connectivity index (χ0) is 19.3. The van der Waals surface area contributed by atoms with Crippen LogP contribution in [0.25, 0.3) is 28.0 Å². The van der Waals surface area contributed by atoms with E-state index in [0.29, 0.717) is 28.7 Å². The molecule has 7 nitrogen and oxygen atoms in total. The van der Waals surface area contributed by atoms with Crippen LogP contribution in [0.3, 0.4) is 0 Å². The molecule has 3 aromatic heterocycles. The Morgan fingerprint density at radius 2 is 2.18 bits per heavy atom. The minimum Gasteiger partial charge on any atom is -0.422 e. The van der Waals surface area contributed by atoms with Crippen LogP contribution in [0, 0.1) is 5.82 Å². The second-order valence-corrected chi connectivity index (χ2v) is 7.08. The number of rotatable bonds is 2. The van der Waals surface area contributed by atoms with Gasteiger partial charge in [-0.25, -0.2) is 19.2 Å². The van der Waals surface area contributed by atoms with E-state index in [1.807, 2.05) is 18.2 Å². The van der Waals surface area contributed by atoms with Gasteiger partial charge >= 0.3 is 5.63 Å². The molecule has 1 unspecified atom stereocenters. The fraction of sp³-hybridized carbons (Fsp3) is 0.250. The number of nitrogens with zero attached hydrogens (tertiary/aromatic N) is 4. The van der Waals surface area contributed by atoms with Crippen molar-refractivity contribution in [1.82, 2.24) is 19.7 Å². The number of imidazole rings is 1. The molecular weight excluding hydrogens is 361 g/mol. The summed E-state index contributed by atoms with van der Waals surface area (Å²) in [4.78, 5) is 23.1. The Hall–Kier alpha value is -3.26. The second-order valence-electron chi connectivity index (χ2n) is 7.08. The van der Waals surface area contributed by atoms with E-state index in [2.05, 4.69) is 27.1 Å². The Kier molecular flexibility index (Phi) is 3.87. The van der Waals surface area contributed by atoms with E-state index in [-0.39, 0.29) is 0 Å². The normalized spacial score (nSPS) is 17.5. The van der Waals surface area contributed by atoms with Gasteiger partial charge in [0.15, 0.2) is 5.82 Å². The summed E-state index contributed by atoms with van der Waals surface area (Å²) in [6.45, 7) is 4.88. The number of halogens is 1. The SMILES string of the molecule is CC1CN(c2ccc3cc(-c4cn5cc(F)cnc5n4)c(=O)oc3c2)CCN1. The van der Waals surface area contributed by atoms with Crippen molar-refractivity contribution in [2.45, 2.75) is 13.0 Å². The molecule has 8 heteroatoms. The van der Waals surface area contributed by atoms with Gasteiger partial charge in [-0.2, -0.15) is 0 Å². The minimum atomic E-state index is -0.484. The summed E-state index contributed by atoms with van der Waals surface area (Å²) in [6.07, 6.45) is 3.93. The van der Waals surface area contributed by atoms with Crippen LogP contribution in [0.5, 0.6) is 0 Å². The van der Waals surface area contributed by atoms with Gasteiger partial charge in [0.2, 0.25) is 5.78 Å². The third-order valence-corrected chi connectivity index (χ3v) is 5.01. The van der Waals surface area contributed by atoms with E-state index < -0.39 is 11.4 Å². The Morgan fingerprint density at radius 3 is 3.04 bits per heavy atom. The summed E-state index contributed by atoms with van der Waals surface area (Å²) in [6, 6.07) is 8.04. The fourth-order valence-corrected chi connectivity index (χ4v) is 3.63. The van der Waals surface area contributed by atoms with Crippen molar-refractivity contribution in [3.05, 3.63) is 59.1 Å². The van der Waals surface area contributed by atoms with Crippen LogP contribution >= 0.6 is 0 Å². The van der Waals surface area contributed by atoms with E-state index in [9.17, 15) is 9.18 Å². The molecule has 4 aromatic rings. The van der Waals surface area contributed by atoms with Crippen LogP contribution in [-0.4, -0.2) is 40.0 Å². The van der Waals surface area contributed by atoms with E-state index in [1.54, 1.807) is 12.3 Å². The standard InChI is InChI=1S/C20H18FN5O2/c1-12-9-25(5-4-22-12)15-3-2-13-6-16(19(27)28-18(13)7-15)17-11-26-10-14(21)8-23-20(26)24-17/h2-3,6-8,10-12,22H,4-5,9H2,1H3. The maximum Gasteiger partial charge on any atom is 0.345 e. The van der Waals surface area contributed by atoms with Crippen LogP contribution in [0.1, 0.15) is 6.92 Å². The summed E-state index contributed by atoms with van der Waals surface area (Å²) in [7, 11) is 0. The van der Waals surface area contributed by atoms with Crippen LogP contribution in [0.2, 0.25) is 0 Å². The summed E-state index contributed by atoms with van der Waals surface area (Å²) >= 11 is 0. The van der Waals surface area contributed by atoms with Crippen molar-refractivity contribution in [3.8, 4) is 11.3 Å². The topological polar surface area (TPSA) is 75.7 Å². The van der Waals surface area contributed by atoms with Crippen molar-refractivity contribution in [2.24, 2.45) is 0 Å². The van der Waals surface area contributed by atoms with Crippen molar-refractivity contribution in [1.29, 1.82) is 0 Å². The van der Waals surface area contributed by atoms with Crippen molar-refractivity contribution < 1.29 is 8.81 Å². The number of anilines is 1. The maximum atomic E-state index is 13.4. The molecule has 1 aliphatic rings. The van der Waals surface area contributed by atoms with Crippen molar-refractivity contribution in [2.75, 3.05) is 24.5 Å². The Balaban J connectivity index is 1.56. The Labute approximate surface area is 159 Å². The lowest BCUT2D eigenvalue weighted by atomic mass is 10.1. The molecule has 4 heterocycles. The summed E-state index contributed by atoms with van der Waals surface area (Å²) < 4.78 is 20.4. The quantitative estimate of drug-likeness (QED) is 0.539. The van der Waals surface area contributed by atoms with Crippen LogP contribution in [0.15, 0.2) is 52.1 Å². The smallest absolute Gasteiger partial charge is 0.345 e. The van der Waals surface area contributed by atoms with Crippen molar-refractivity contribution >= 4 is 22.4 Å². The van der Waals surface area contributed by atoms with Gasteiger partial charge in [0, 0.05) is 55.2 Å². The molecule has 28 heavy (non-hydrogen) atoms. The van der Waals surface area contributed by atoms with Gasteiger partial charge in [0.1, 0.15) is 5.58 Å². The van der Waals surface area contributed by atoms with Gasteiger partial charge in [-0.05, 0) is 25.1 Å². The average Bonchev–Trinajstić information content (AvgIpc) is 3.10. The molecule has 0 bridgehead atoms. The summed E-state index contributed by atoms with van der Waals surface area (Å²) in [5, 5.41) is 4.22. The number of hydrogen-bond acceptors (Lipinski definition) is 6. The first-order valence-electron chi connectivity index (χ1n) is 9.14. The Bertz CT molecular complexity index is 1250. The predicted molar refractivity (Wildman–Crippen MR) is 104 cm³/mol. The molecule has 5 rings (SSSR count). The molecule has 1 atom stereocenters. The second kappa shape index (κ2) is 6.42. The molecule has 1 N–H and O–H groups in total. The van der Waals surface area contributed by atoms with E-state index in [1.165, 1.54) is 10.6 Å². The van der Waals surface area contributed by atoms with Gasteiger partial charge in [-0.1, -0.05) is 0 Å². The first-order valence-corrected chi connectivity index (χ1v) is 9.14.